The van der Waals surface area contributed by atoms with Crippen LogP contribution in [0.4, 0.5) is 4.39 Å². The van der Waals surface area contributed by atoms with Crippen molar-refractivity contribution < 1.29 is 9.50 Å². The molecule has 4 rings (SSSR count). The van der Waals surface area contributed by atoms with Gasteiger partial charge >= 0.3 is 0 Å². The van der Waals surface area contributed by atoms with Crippen molar-refractivity contribution in [2.75, 3.05) is 13.1 Å². The van der Waals surface area contributed by atoms with Crippen molar-refractivity contribution in [3.8, 4) is 17.3 Å². The van der Waals surface area contributed by atoms with E-state index in [-0.39, 0.29) is 0 Å². The molecule has 0 aliphatic carbocycles. The summed E-state index contributed by atoms with van der Waals surface area (Å²) < 4.78 is 13.8. The fourth-order valence-electron chi connectivity index (χ4n) is 4.25. The first-order chi connectivity index (χ1) is 15.5. The lowest BCUT2D eigenvalue weighted by atomic mass is 9.90. The van der Waals surface area contributed by atoms with Gasteiger partial charge in [-0.1, -0.05) is 41.4 Å². The molecule has 7 heteroatoms. The van der Waals surface area contributed by atoms with Crippen LogP contribution in [-0.4, -0.2) is 34.3 Å². The summed E-state index contributed by atoms with van der Waals surface area (Å²) in [6.07, 6.45) is 0.728. The number of benzene rings is 2. The topological polar surface area (TPSA) is 60.1 Å². The van der Waals surface area contributed by atoms with E-state index in [1.807, 2.05) is 18.2 Å². The van der Waals surface area contributed by atoms with Crippen LogP contribution in [0.5, 0.6) is 0 Å². The maximum atomic E-state index is 13.8. The number of aliphatic hydroxyl groups is 1. The molecule has 3 aromatic rings. The number of nitrogens with zero attached hydrogens (tertiary/aromatic N) is 3. The summed E-state index contributed by atoms with van der Waals surface area (Å²) in [6.45, 7) is 1.06. The molecule has 32 heavy (non-hydrogen) atoms. The first kappa shape index (κ1) is 22.7. The number of nitriles is 1. The van der Waals surface area contributed by atoms with Crippen molar-refractivity contribution >= 4 is 23.2 Å². The number of aromatic nitrogens is 1. The average Bonchev–Trinajstić information content (AvgIpc) is 2.80. The van der Waals surface area contributed by atoms with Gasteiger partial charge in [-0.05, 0) is 54.8 Å². The number of likely N-dealkylation sites (tertiary alicyclic amines) is 1. The Balaban J connectivity index is 1.77. The number of hydrogen-bond acceptors (Lipinski definition) is 4. The standard InChI is InChI=1S/C25H22Cl2FN3O/c26-19-12-18(13-20(27)14-19)23-22(2-1-9-30-23)25(32)24(31-10-7-21(28)8-11-31)17-5-3-16(15-29)4-6-17/h1-6,9,12-14,21,24-25,32H,7-8,10-11H2. The van der Waals surface area contributed by atoms with Gasteiger partial charge in [-0.3, -0.25) is 9.88 Å². The molecule has 4 nitrogen and oxygen atoms in total. The fourth-order valence-corrected chi connectivity index (χ4v) is 4.78. The van der Waals surface area contributed by atoms with Gasteiger partial charge < -0.3 is 5.11 Å². The number of rotatable bonds is 5. The first-order valence-electron chi connectivity index (χ1n) is 10.4. The normalized spacial score (nSPS) is 17.0. The van der Waals surface area contributed by atoms with Crippen LogP contribution < -0.4 is 0 Å². The Hall–Kier alpha value is -2.49. The minimum Gasteiger partial charge on any atom is -0.386 e. The molecule has 0 amide bonds. The Kier molecular flexibility index (Phi) is 7.07. The van der Waals surface area contributed by atoms with Gasteiger partial charge in [0.05, 0.1) is 23.4 Å². The third-order valence-corrected chi connectivity index (χ3v) is 6.26. The number of hydrogen-bond donors (Lipinski definition) is 1. The summed E-state index contributed by atoms with van der Waals surface area (Å²) in [6, 6.07) is 17.6. The maximum absolute atomic E-state index is 13.8. The Morgan fingerprint density at radius 3 is 2.34 bits per heavy atom. The van der Waals surface area contributed by atoms with Crippen molar-refractivity contribution in [2.24, 2.45) is 0 Å². The summed E-state index contributed by atoms with van der Waals surface area (Å²) in [5, 5.41) is 21.8. The van der Waals surface area contributed by atoms with Crippen molar-refractivity contribution in [1.29, 1.82) is 5.26 Å². The summed E-state index contributed by atoms with van der Waals surface area (Å²) in [7, 11) is 0. The van der Waals surface area contributed by atoms with Gasteiger partial charge in [-0.25, -0.2) is 4.39 Å². The number of piperidine rings is 1. The second-order valence-electron chi connectivity index (χ2n) is 7.93. The Morgan fingerprint density at radius 2 is 1.72 bits per heavy atom. The third kappa shape index (κ3) is 4.95. The van der Waals surface area contributed by atoms with Crippen LogP contribution in [0.1, 0.15) is 41.7 Å². The highest BCUT2D eigenvalue weighted by atomic mass is 35.5. The smallest absolute Gasteiger partial charge is 0.103 e. The number of aliphatic hydroxyl groups excluding tert-OH is 1. The molecule has 0 spiro atoms. The van der Waals surface area contributed by atoms with Crippen molar-refractivity contribution in [3.63, 3.8) is 0 Å². The Morgan fingerprint density at radius 1 is 1.06 bits per heavy atom. The first-order valence-corrected chi connectivity index (χ1v) is 11.2. The molecule has 1 aliphatic rings. The third-order valence-electron chi connectivity index (χ3n) is 5.83. The molecule has 2 aromatic carbocycles. The van der Waals surface area contributed by atoms with Crippen LogP contribution >= 0.6 is 23.2 Å². The highest BCUT2D eigenvalue weighted by molar-refractivity contribution is 6.35. The molecule has 0 saturated carbocycles. The second kappa shape index (κ2) is 9.97. The van der Waals surface area contributed by atoms with Crippen LogP contribution in [-0.2, 0) is 0 Å². The molecular weight excluding hydrogens is 448 g/mol. The molecule has 2 heterocycles. The van der Waals surface area contributed by atoms with E-state index in [2.05, 4.69) is 16.0 Å². The van der Waals surface area contributed by atoms with E-state index in [0.29, 0.717) is 58.4 Å². The van der Waals surface area contributed by atoms with E-state index < -0.39 is 18.3 Å². The van der Waals surface area contributed by atoms with Crippen LogP contribution in [0.2, 0.25) is 10.0 Å². The van der Waals surface area contributed by atoms with Gasteiger partial charge in [0, 0.05) is 40.5 Å². The van der Waals surface area contributed by atoms with Gasteiger partial charge in [-0.2, -0.15) is 5.26 Å². The van der Waals surface area contributed by atoms with E-state index in [9.17, 15) is 9.50 Å². The van der Waals surface area contributed by atoms with E-state index in [0.717, 1.165) is 5.56 Å². The molecule has 2 atom stereocenters. The summed E-state index contributed by atoms with van der Waals surface area (Å²) >= 11 is 12.4. The molecule has 164 valence electrons. The Bertz CT molecular complexity index is 1100. The second-order valence-corrected chi connectivity index (χ2v) is 8.81. The van der Waals surface area contributed by atoms with E-state index >= 15 is 0 Å². The number of pyridine rings is 1. The summed E-state index contributed by atoms with van der Waals surface area (Å²) in [4.78, 5) is 6.62. The monoisotopic (exact) mass is 469 g/mol. The van der Waals surface area contributed by atoms with Crippen molar-refractivity contribution in [3.05, 3.63) is 87.5 Å². The summed E-state index contributed by atoms with van der Waals surface area (Å²) in [5.74, 6) is 0. The molecule has 1 fully saturated rings. The lowest BCUT2D eigenvalue weighted by Crippen LogP contribution is -2.40. The zero-order valence-electron chi connectivity index (χ0n) is 17.3. The molecular formula is C25H22Cl2FN3O. The van der Waals surface area contributed by atoms with Crippen LogP contribution in [0.15, 0.2) is 60.8 Å². The maximum Gasteiger partial charge on any atom is 0.103 e. The molecule has 0 radical (unpaired) electrons. The molecule has 1 aromatic heterocycles. The lowest BCUT2D eigenvalue weighted by molar-refractivity contribution is 0.0220. The van der Waals surface area contributed by atoms with Gasteiger partial charge in [0.1, 0.15) is 12.3 Å². The zero-order valence-corrected chi connectivity index (χ0v) is 18.8. The van der Waals surface area contributed by atoms with Crippen LogP contribution in [0, 0.1) is 11.3 Å². The van der Waals surface area contributed by atoms with Crippen LogP contribution in [0.25, 0.3) is 11.3 Å². The quantitative estimate of drug-likeness (QED) is 0.487. The highest BCUT2D eigenvalue weighted by Gasteiger charge is 2.33. The minimum absolute atomic E-state index is 0.420. The molecule has 1 saturated heterocycles. The Labute approximate surface area is 196 Å². The predicted molar refractivity (Wildman–Crippen MR) is 124 cm³/mol. The predicted octanol–water partition coefficient (Wildman–Crippen LogP) is 6.14. The molecule has 1 N–H and O–H groups in total. The fraction of sp³-hybridized carbons (Fsp3) is 0.280. The largest absolute Gasteiger partial charge is 0.386 e. The summed E-state index contributed by atoms with van der Waals surface area (Å²) in [5.41, 5.74) is 3.32. The minimum atomic E-state index is -0.944. The number of alkyl halides is 1. The van der Waals surface area contributed by atoms with Crippen LogP contribution in [0.3, 0.4) is 0 Å². The van der Waals surface area contributed by atoms with Gasteiger partial charge in [0.25, 0.3) is 0 Å². The number of halogens is 3. The highest BCUT2D eigenvalue weighted by Crippen LogP contribution is 2.40. The zero-order chi connectivity index (χ0) is 22.7. The lowest BCUT2D eigenvalue weighted by Gasteiger charge is -2.39. The van der Waals surface area contributed by atoms with Gasteiger partial charge in [0.2, 0.25) is 0 Å². The van der Waals surface area contributed by atoms with Gasteiger partial charge in [0.15, 0.2) is 0 Å². The SMILES string of the molecule is N#Cc1ccc(C(C(O)c2cccnc2-c2cc(Cl)cc(Cl)c2)N2CCC(F)CC2)cc1. The van der Waals surface area contributed by atoms with E-state index in [1.54, 1.807) is 42.6 Å². The van der Waals surface area contributed by atoms with E-state index in [4.69, 9.17) is 28.5 Å². The van der Waals surface area contributed by atoms with Crippen molar-refractivity contribution in [1.82, 2.24) is 9.88 Å². The molecule has 1 aliphatic heterocycles. The average molecular weight is 470 g/mol. The van der Waals surface area contributed by atoms with E-state index in [1.165, 1.54) is 0 Å². The van der Waals surface area contributed by atoms with Gasteiger partial charge in [-0.15, -0.1) is 0 Å². The van der Waals surface area contributed by atoms with Crippen molar-refractivity contribution in [2.45, 2.75) is 31.2 Å². The molecule has 2 unspecified atom stereocenters. The molecule has 0 bridgehead atoms.